The van der Waals surface area contributed by atoms with Gasteiger partial charge >= 0.3 is 0 Å². The first kappa shape index (κ1) is 13.4. The molecule has 0 fully saturated rings. The van der Waals surface area contributed by atoms with Crippen molar-refractivity contribution in [2.24, 2.45) is 5.73 Å². The van der Waals surface area contributed by atoms with Gasteiger partial charge in [0.1, 0.15) is 11.6 Å². The van der Waals surface area contributed by atoms with Crippen molar-refractivity contribution in [3.63, 3.8) is 0 Å². The number of ketones is 1. The molecule has 0 saturated heterocycles. The van der Waals surface area contributed by atoms with Crippen LogP contribution in [-0.4, -0.2) is 5.78 Å². The standard InChI is InChI=1S/C16H14FN3O/c17-10-6-4-9(5-7-10)14-11(8-18)16(19)20-12-2-1-3-13(21)15(12)14/h4-7,14,20H,1-3,19H2/t14-/m0/s1. The highest BCUT2D eigenvalue weighted by atomic mass is 19.1. The lowest BCUT2D eigenvalue weighted by atomic mass is 9.76. The van der Waals surface area contributed by atoms with Crippen LogP contribution in [0.3, 0.4) is 0 Å². The number of rotatable bonds is 1. The fourth-order valence-electron chi connectivity index (χ4n) is 2.97. The van der Waals surface area contributed by atoms with E-state index >= 15 is 0 Å². The molecule has 1 aromatic carbocycles. The third-order valence-corrected chi connectivity index (χ3v) is 3.93. The third-order valence-electron chi connectivity index (χ3n) is 3.93. The van der Waals surface area contributed by atoms with E-state index in [4.69, 9.17) is 5.73 Å². The maximum Gasteiger partial charge on any atom is 0.161 e. The average Bonchev–Trinajstić information content (AvgIpc) is 2.47. The molecule has 0 bridgehead atoms. The molecule has 0 spiro atoms. The first-order valence-electron chi connectivity index (χ1n) is 6.80. The number of allylic oxidation sites excluding steroid dienone is 3. The number of benzene rings is 1. The molecule has 4 nitrogen and oxygen atoms in total. The van der Waals surface area contributed by atoms with Crippen LogP contribution in [0.2, 0.25) is 0 Å². The van der Waals surface area contributed by atoms with Gasteiger partial charge in [-0.15, -0.1) is 0 Å². The number of hydrogen-bond donors (Lipinski definition) is 2. The minimum Gasteiger partial charge on any atom is -0.384 e. The molecule has 1 aliphatic heterocycles. The van der Waals surface area contributed by atoms with Crippen LogP contribution < -0.4 is 11.1 Å². The number of nitrogens with one attached hydrogen (secondary N) is 1. The van der Waals surface area contributed by atoms with E-state index in [1.165, 1.54) is 12.1 Å². The summed E-state index contributed by atoms with van der Waals surface area (Å²) in [5.74, 6) is -0.550. The Balaban J connectivity index is 2.17. The Labute approximate surface area is 121 Å². The van der Waals surface area contributed by atoms with Crippen molar-refractivity contribution in [2.75, 3.05) is 0 Å². The number of nitrogens with two attached hydrogens (primary N) is 1. The fourth-order valence-corrected chi connectivity index (χ4v) is 2.97. The molecule has 3 rings (SSSR count). The fraction of sp³-hybridized carbons (Fsp3) is 0.250. The van der Waals surface area contributed by atoms with E-state index in [1.54, 1.807) is 12.1 Å². The van der Waals surface area contributed by atoms with Gasteiger partial charge in [-0.05, 0) is 30.5 Å². The van der Waals surface area contributed by atoms with E-state index in [0.29, 0.717) is 23.1 Å². The molecule has 3 N–H and O–H groups in total. The normalized spacial score (nSPS) is 21.7. The van der Waals surface area contributed by atoms with Gasteiger partial charge in [-0.3, -0.25) is 4.79 Å². The lowest BCUT2D eigenvalue weighted by Gasteiger charge is -2.32. The number of nitrogens with zero attached hydrogens (tertiary/aromatic N) is 1. The summed E-state index contributed by atoms with van der Waals surface area (Å²) in [6, 6.07) is 7.94. The van der Waals surface area contributed by atoms with E-state index in [-0.39, 0.29) is 17.4 Å². The van der Waals surface area contributed by atoms with Gasteiger partial charge in [-0.25, -0.2) is 4.39 Å². The van der Waals surface area contributed by atoms with E-state index in [1.807, 2.05) is 0 Å². The minimum atomic E-state index is -0.500. The SMILES string of the molecule is N#CC1=C(N)NC2=C(C(=O)CCC2)[C@H]1c1ccc(F)cc1. The zero-order valence-electron chi connectivity index (χ0n) is 11.3. The number of hydrogen-bond acceptors (Lipinski definition) is 4. The molecule has 1 atom stereocenters. The second kappa shape index (κ2) is 5.06. The van der Waals surface area contributed by atoms with Gasteiger partial charge in [0.25, 0.3) is 0 Å². The molecule has 1 aromatic rings. The van der Waals surface area contributed by atoms with Crippen LogP contribution in [0, 0.1) is 17.1 Å². The number of halogens is 1. The Morgan fingerprint density at radius 3 is 2.67 bits per heavy atom. The molecule has 0 unspecified atom stereocenters. The first-order valence-corrected chi connectivity index (χ1v) is 6.80. The molecule has 0 amide bonds. The molecule has 21 heavy (non-hydrogen) atoms. The first-order chi connectivity index (χ1) is 10.1. The van der Waals surface area contributed by atoms with Crippen molar-refractivity contribution < 1.29 is 9.18 Å². The summed E-state index contributed by atoms with van der Waals surface area (Å²) in [6.45, 7) is 0. The van der Waals surface area contributed by atoms with Crippen molar-refractivity contribution in [3.8, 4) is 6.07 Å². The summed E-state index contributed by atoms with van der Waals surface area (Å²) in [6.07, 6.45) is 1.98. The van der Waals surface area contributed by atoms with Crippen molar-refractivity contribution in [1.82, 2.24) is 5.32 Å². The maximum atomic E-state index is 13.1. The maximum absolute atomic E-state index is 13.1. The Hall–Kier alpha value is -2.61. The summed E-state index contributed by atoms with van der Waals surface area (Å²) in [5.41, 5.74) is 8.33. The Morgan fingerprint density at radius 1 is 1.29 bits per heavy atom. The molecule has 106 valence electrons. The van der Waals surface area contributed by atoms with Crippen molar-refractivity contribution in [3.05, 3.63) is 58.3 Å². The summed E-state index contributed by atoms with van der Waals surface area (Å²) in [5, 5.41) is 12.4. The number of dihydropyridines is 1. The molecule has 0 saturated carbocycles. The van der Waals surface area contributed by atoms with Crippen molar-refractivity contribution in [2.45, 2.75) is 25.2 Å². The van der Waals surface area contributed by atoms with Gasteiger partial charge < -0.3 is 11.1 Å². The number of Topliss-reactive ketones (excluding diaryl/α,β-unsaturated/α-hetero) is 1. The summed E-state index contributed by atoms with van der Waals surface area (Å²) in [7, 11) is 0. The molecular weight excluding hydrogens is 269 g/mol. The molecule has 0 radical (unpaired) electrons. The summed E-state index contributed by atoms with van der Waals surface area (Å²) >= 11 is 0. The Morgan fingerprint density at radius 2 is 2.00 bits per heavy atom. The van der Waals surface area contributed by atoms with Crippen LogP contribution in [0.25, 0.3) is 0 Å². The minimum absolute atomic E-state index is 0.0262. The topological polar surface area (TPSA) is 78.9 Å². The second-order valence-corrected chi connectivity index (χ2v) is 5.22. The van der Waals surface area contributed by atoms with Gasteiger partial charge in [0.15, 0.2) is 5.78 Å². The van der Waals surface area contributed by atoms with Crippen LogP contribution in [0.1, 0.15) is 30.7 Å². The smallest absolute Gasteiger partial charge is 0.161 e. The van der Waals surface area contributed by atoms with E-state index < -0.39 is 5.92 Å². The Bertz CT molecular complexity index is 710. The van der Waals surface area contributed by atoms with Crippen LogP contribution >= 0.6 is 0 Å². The summed E-state index contributed by atoms with van der Waals surface area (Å²) in [4.78, 5) is 12.3. The Kier molecular flexibility index (Phi) is 3.22. The third kappa shape index (κ3) is 2.19. The number of nitriles is 1. The zero-order valence-corrected chi connectivity index (χ0v) is 11.3. The number of carbonyl (C=O) groups excluding carboxylic acids is 1. The predicted octanol–water partition coefficient (Wildman–Crippen LogP) is 2.21. The lowest BCUT2D eigenvalue weighted by Crippen LogP contribution is -2.35. The highest BCUT2D eigenvalue weighted by molar-refractivity contribution is 5.99. The van der Waals surface area contributed by atoms with Gasteiger partial charge in [0.05, 0.1) is 17.6 Å². The average molecular weight is 283 g/mol. The van der Waals surface area contributed by atoms with Gasteiger partial charge in [-0.2, -0.15) is 5.26 Å². The van der Waals surface area contributed by atoms with E-state index in [0.717, 1.165) is 18.5 Å². The van der Waals surface area contributed by atoms with E-state index in [9.17, 15) is 14.4 Å². The van der Waals surface area contributed by atoms with Crippen molar-refractivity contribution in [1.29, 1.82) is 5.26 Å². The van der Waals surface area contributed by atoms with Crippen LogP contribution in [0.5, 0.6) is 0 Å². The quantitative estimate of drug-likeness (QED) is 0.828. The zero-order chi connectivity index (χ0) is 15.0. The molecule has 1 heterocycles. The monoisotopic (exact) mass is 283 g/mol. The highest BCUT2D eigenvalue weighted by Gasteiger charge is 2.36. The van der Waals surface area contributed by atoms with Gasteiger partial charge in [0, 0.05) is 17.7 Å². The predicted molar refractivity (Wildman–Crippen MR) is 75.0 cm³/mol. The summed E-state index contributed by atoms with van der Waals surface area (Å²) < 4.78 is 13.1. The van der Waals surface area contributed by atoms with Crippen LogP contribution in [0.4, 0.5) is 4.39 Å². The molecule has 0 aromatic heterocycles. The molecule has 1 aliphatic carbocycles. The van der Waals surface area contributed by atoms with Gasteiger partial charge in [-0.1, -0.05) is 12.1 Å². The van der Waals surface area contributed by atoms with Crippen molar-refractivity contribution >= 4 is 5.78 Å². The molecular formula is C16H14FN3O. The van der Waals surface area contributed by atoms with E-state index in [2.05, 4.69) is 11.4 Å². The van der Waals surface area contributed by atoms with Crippen LogP contribution in [-0.2, 0) is 4.79 Å². The highest BCUT2D eigenvalue weighted by Crippen LogP contribution is 2.40. The molecule has 2 aliphatic rings. The second-order valence-electron chi connectivity index (χ2n) is 5.22. The largest absolute Gasteiger partial charge is 0.384 e. The lowest BCUT2D eigenvalue weighted by molar-refractivity contribution is -0.116. The molecule has 5 heteroatoms. The number of carbonyl (C=O) groups is 1. The van der Waals surface area contributed by atoms with Gasteiger partial charge in [0.2, 0.25) is 0 Å². The van der Waals surface area contributed by atoms with Crippen LogP contribution in [0.15, 0.2) is 46.9 Å².